The van der Waals surface area contributed by atoms with E-state index < -0.39 is 36.0 Å². The summed E-state index contributed by atoms with van der Waals surface area (Å²) in [6, 6.07) is 0. The molecule has 0 unspecified atom stereocenters. The molecule has 1 aromatic heterocycles. The molecule has 6 nitrogen and oxygen atoms in total. The standard InChI is InChI=1S/C8H8F3N3O3/c9-8(10,11)17-6-3(1-12)5(13)4(2-14-6)7(15)16/h2H,1,12H2,(H2,13,14)(H,15,16). The van der Waals surface area contributed by atoms with E-state index >= 15 is 0 Å². The Morgan fingerprint density at radius 1 is 1.53 bits per heavy atom. The van der Waals surface area contributed by atoms with Crippen LogP contribution in [0.1, 0.15) is 15.9 Å². The zero-order chi connectivity index (χ0) is 13.2. The monoisotopic (exact) mass is 251 g/mol. The van der Waals surface area contributed by atoms with E-state index in [4.69, 9.17) is 16.6 Å². The topological polar surface area (TPSA) is 111 Å². The van der Waals surface area contributed by atoms with Crippen LogP contribution in [0.2, 0.25) is 0 Å². The van der Waals surface area contributed by atoms with Crippen LogP contribution >= 0.6 is 0 Å². The molecule has 0 bridgehead atoms. The molecule has 0 spiro atoms. The number of carboxylic acids is 1. The van der Waals surface area contributed by atoms with Crippen LogP contribution in [-0.2, 0) is 6.54 Å². The van der Waals surface area contributed by atoms with Crippen molar-refractivity contribution in [3.8, 4) is 5.88 Å². The zero-order valence-electron chi connectivity index (χ0n) is 8.28. The molecule has 0 aliphatic rings. The van der Waals surface area contributed by atoms with Gasteiger partial charge in [-0.05, 0) is 0 Å². The lowest BCUT2D eigenvalue weighted by atomic mass is 10.1. The Hall–Kier alpha value is -2.03. The molecule has 17 heavy (non-hydrogen) atoms. The van der Waals surface area contributed by atoms with Gasteiger partial charge in [0.15, 0.2) is 0 Å². The first-order chi connectivity index (χ1) is 7.76. The Morgan fingerprint density at radius 2 is 2.12 bits per heavy atom. The van der Waals surface area contributed by atoms with Gasteiger partial charge in [-0.15, -0.1) is 13.2 Å². The van der Waals surface area contributed by atoms with Crippen LogP contribution in [0.15, 0.2) is 6.20 Å². The molecule has 5 N–H and O–H groups in total. The number of nitrogen functional groups attached to an aromatic ring is 1. The maximum absolute atomic E-state index is 12.0. The summed E-state index contributed by atoms with van der Waals surface area (Å²) >= 11 is 0. The number of hydrogen-bond acceptors (Lipinski definition) is 5. The molecule has 0 saturated heterocycles. The molecular weight excluding hydrogens is 243 g/mol. The van der Waals surface area contributed by atoms with E-state index in [0.29, 0.717) is 6.20 Å². The van der Waals surface area contributed by atoms with Gasteiger partial charge in [-0.3, -0.25) is 0 Å². The highest BCUT2D eigenvalue weighted by Crippen LogP contribution is 2.29. The highest BCUT2D eigenvalue weighted by atomic mass is 19.4. The minimum absolute atomic E-state index is 0.303. The van der Waals surface area contributed by atoms with Crippen molar-refractivity contribution in [1.29, 1.82) is 0 Å². The second-order valence-corrected chi connectivity index (χ2v) is 2.93. The van der Waals surface area contributed by atoms with Gasteiger partial charge in [0.1, 0.15) is 5.56 Å². The largest absolute Gasteiger partial charge is 0.574 e. The highest BCUT2D eigenvalue weighted by molar-refractivity contribution is 5.94. The maximum atomic E-state index is 12.0. The number of carbonyl (C=O) groups is 1. The van der Waals surface area contributed by atoms with Crippen LogP contribution in [0, 0.1) is 0 Å². The normalized spacial score (nSPS) is 11.3. The first kappa shape index (κ1) is 13.0. The fraction of sp³-hybridized carbons (Fsp3) is 0.250. The molecule has 1 aromatic rings. The van der Waals surface area contributed by atoms with Gasteiger partial charge in [0, 0.05) is 12.7 Å². The lowest BCUT2D eigenvalue weighted by molar-refractivity contribution is -0.276. The van der Waals surface area contributed by atoms with Crippen molar-refractivity contribution >= 4 is 11.7 Å². The van der Waals surface area contributed by atoms with Crippen LogP contribution in [0.25, 0.3) is 0 Å². The van der Waals surface area contributed by atoms with E-state index in [-0.39, 0.29) is 5.56 Å². The van der Waals surface area contributed by atoms with Crippen molar-refractivity contribution in [2.24, 2.45) is 5.73 Å². The lowest BCUT2D eigenvalue weighted by Crippen LogP contribution is -2.21. The van der Waals surface area contributed by atoms with E-state index in [1.165, 1.54) is 0 Å². The van der Waals surface area contributed by atoms with Crippen LogP contribution < -0.4 is 16.2 Å². The zero-order valence-corrected chi connectivity index (χ0v) is 8.28. The molecule has 0 aliphatic carbocycles. The molecule has 9 heteroatoms. The van der Waals surface area contributed by atoms with E-state index in [1.807, 2.05) is 0 Å². The first-order valence-corrected chi connectivity index (χ1v) is 4.22. The molecule has 94 valence electrons. The van der Waals surface area contributed by atoms with E-state index in [0.717, 1.165) is 0 Å². The average Bonchev–Trinajstić information content (AvgIpc) is 2.15. The summed E-state index contributed by atoms with van der Waals surface area (Å²) in [6.45, 7) is -0.425. The summed E-state index contributed by atoms with van der Waals surface area (Å²) in [5.41, 5.74) is 9.42. The lowest BCUT2D eigenvalue weighted by Gasteiger charge is -2.13. The van der Waals surface area contributed by atoms with Crippen LogP contribution in [-0.4, -0.2) is 22.4 Å². The summed E-state index contributed by atoms with van der Waals surface area (Å²) < 4.78 is 39.5. The van der Waals surface area contributed by atoms with E-state index in [1.54, 1.807) is 0 Å². The first-order valence-electron chi connectivity index (χ1n) is 4.22. The van der Waals surface area contributed by atoms with Crippen molar-refractivity contribution < 1.29 is 27.8 Å². The number of nitrogens with zero attached hydrogens (tertiary/aromatic N) is 1. The third-order valence-corrected chi connectivity index (χ3v) is 1.83. The van der Waals surface area contributed by atoms with Gasteiger partial charge < -0.3 is 21.3 Å². The third-order valence-electron chi connectivity index (χ3n) is 1.83. The number of anilines is 1. The summed E-state index contributed by atoms with van der Waals surface area (Å²) in [4.78, 5) is 13.9. The number of halogens is 3. The summed E-state index contributed by atoms with van der Waals surface area (Å²) in [6.07, 6.45) is -4.27. The van der Waals surface area contributed by atoms with Gasteiger partial charge in [0.2, 0.25) is 5.88 Å². The Balaban J connectivity index is 3.26. The number of ether oxygens (including phenoxy) is 1. The number of aromatic nitrogens is 1. The molecule has 0 fully saturated rings. The summed E-state index contributed by atoms with van der Waals surface area (Å²) in [5.74, 6) is -2.26. The van der Waals surface area contributed by atoms with Gasteiger partial charge in [0.25, 0.3) is 0 Å². The van der Waals surface area contributed by atoms with Crippen molar-refractivity contribution in [1.82, 2.24) is 4.98 Å². The van der Waals surface area contributed by atoms with Crippen LogP contribution in [0.4, 0.5) is 18.9 Å². The highest BCUT2D eigenvalue weighted by Gasteiger charge is 2.33. The van der Waals surface area contributed by atoms with E-state index in [9.17, 15) is 18.0 Å². The number of pyridine rings is 1. The van der Waals surface area contributed by atoms with Crippen LogP contribution in [0.5, 0.6) is 5.88 Å². The van der Waals surface area contributed by atoms with Crippen molar-refractivity contribution in [3.63, 3.8) is 0 Å². The van der Waals surface area contributed by atoms with Crippen molar-refractivity contribution in [2.75, 3.05) is 5.73 Å². The molecule has 0 aliphatic heterocycles. The van der Waals surface area contributed by atoms with Gasteiger partial charge in [-0.2, -0.15) is 0 Å². The second kappa shape index (κ2) is 4.45. The van der Waals surface area contributed by atoms with Crippen molar-refractivity contribution in [2.45, 2.75) is 12.9 Å². The predicted octanol–water partition coefficient (Wildman–Crippen LogP) is 0.719. The van der Waals surface area contributed by atoms with Gasteiger partial charge in [-0.25, -0.2) is 9.78 Å². The maximum Gasteiger partial charge on any atom is 0.574 e. The molecule has 0 radical (unpaired) electrons. The fourth-order valence-electron chi connectivity index (χ4n) is 1.11. The second-order valence-electron chi connectivity index (χ2n) is 2.93. The molecule has 0 amide bonds. The number of alkyl halides is 3. The quantitative estimate of drug-likeness (QED) is 0.729. The molecular formula is C8H8F3N3O3. The summed E-state index contributed by atoms with van der Waals surface area (Å²) in [7, 11) is 0. The molecule has 1 heterocycles. The SMILES string of the molecule is NCc1c(OC(F)(F)F)ncc(C(=O)O)c1N. The fourth-order valence-corrected chi connectivity index (χ4v) is 1.11. The summed E-state index contributed by atoms with van der Waals surface area (Å²) in [5, 5.41) is 8.69. The number of carboxylic acid groups (broad SMARTS) is 1. The Bertz CT molecular complexity index is 448. The predicted molar refractivity (Wildman–Crippen MR) is 50.2 cm³/mol. The molecule has 0 aromatic carbocycles. The number of rotatable bonds is 3. The smallest absolute Gasteiger partial charge is 0.478 e. The number of hydrogen-bond donors (Lipinski definition) is 3. The number of aromatic carboxylic acids is 1. The Kier molecular flexibility index (Phi) is 3.42. The minimum atomic E-state index is -4.95. The molecule has 0 atom stereocenters. The Morgan fingerprint density at radius 3 is 2.53 bits per heavy atom. The number of nitrogens with two attached hydrogens (primary N) is 2. The van der Waals surface area contributed by atoms with Gasteiger partial charge in [-0.1, -0.05) is 0 Å². The minimum Gasteiger partial charge on any atom is -0.478 e. The van der Waals surface area contributed by atoms with Crippen molar-refractivity contribution in [3.05, 3.63) is 17.3 Å². The Labute approximate surface area is 93.0 Å². The van der Waals surface area contributed by atoms with E-state index in [2.05, 4.69) is 9.72 Å². The van der Waals surface area contributed by atoms with Crippen LogP contribution in [0.3, 0.4) is 0 Å². The molecule has 0 saturated carbocycles. The molecule has 1 rings (SSSR count). The average molecular weight is 251 g/mol. The van der Waals surface area contributed by atoms with Gasteiger partial charge in [0.05, 0.1) is 11.3 Å². The van der Waals surface area contributed by atoms with Gasteiger partial charge >= 0.3 is 12.3 Å². The third kappa shape index (κ3) is 2.97.